The summed E-state index contributed by atoms with van der Waals surface area (Å²) < 4.78 is 5.19. The Morgan fingerprint density at radius 1 is 1.21 bits per heavy atom. The minimum atomic E-state index is -0.490. The second kappa shape index (κ2) is 5.39. The molecule has 2 N–H and O–H groups in total. The van der Waals surface area contributed by atoms with E-state index in [9.17, 15) is 9.59 Å². The van der Waals surface area contributed by atoms with Crippen LogP contribution in [0.2, 0.25) is 0 Å². The number of carbonyl (C=O) groups excluding carboxylic acids is 2. The molecule has 0 spiro atoms. The van der Waals surface area contributed by atoms with E-state index in [1.54, 1.807) is 0 Å². The van der Waals surface area contributed by atoms with Crippen LogP contribution in [0.5, 0.6) is 0 Å². The molecule has 19 heavy (non-hydrogen) atoms. The minimum Gasteiger partial charge on any atom is -0.444 e. The molecule has 2 fully saturated rings. The maximum atomic E-state index is 11.8. The molecule has 2 aliphatic carbocycles. The zero-order valence-corrected chi connectivity index (χ0v) is 12.0. The van der Waals surface area contributed by atoms with Crippen molar-refractivity contribution in [3.05, 3.63) is 0 Å². The fourth-order valence-electron chi connectivity index (χ4n) is 1.99. The molecule has 0 radical (unpaired) electrons. The summed E-state index contributed by atoms with van der Waals surface area (Å²) in [5.74, 6) is 0.864. The molecule has 108 valence electrons. The second-order valence-electron chi connectivity index (χ2n) is 6.61. The van der Waals surface area contributed by atoms with E-state index in [1.807, 2.05) is 20.8 Å². The third-order valence-corrected chi connectivity index (χ3v) is 3.33. The van der Waals surface area contributed by atoms with Crippen LogP contribution in [0.3, 0.4) is 0 Å². The lowest BCUT2D eigenvalue weighted by molar-refractivity contribution is -0.123. The van der Waals surface area contributed by atoms with Gasteiger partial charge in [-0.05, 0) is 52.4 Å². The average Bonchev–Trinajstić information content (AvgIpc) is 3.15. The Morgan fingerprint density at radius 3 is 2.32 bits per heavy atom. The van der Waals surface area contributed by atoms with E-state index < -0.39 is 11.7 Å². The van der Waals surface area contributed by atoms with Crippen LogP contribution in [-0.2, 0) is 9.53 Å². The summed E-state index contributed by atoms with van der Waals surface area (Å²) in [6.07, 6.45) is 3.85. The molecule has 0 saturated heterocycles. The molecule has 2 amide bonds. The maximum absolute atomic E-state index is 11.8. The summed E-state index contributed by atoms with van der Waals surface area (Å²) in [4.78, 5) is 23.4. The minimum absolute atomic E-state index is 0.0561. The summed E-state index contributed by atoms with van der Waals surface area (Å²) in [6, 6.07) is 0.0561. The summed E-state index contributed by atoms with van der Waals surface area (Å²) in [7, 11) is 0. The Hall–Kier alpha value is -1.26. The number of ether oxygens (including phenoxy) is 1. The highest BCUT2D eigenvalue weighted by atomic mass is 16.6. The van der Waals surface area contributed by atoms with Crippen LogP contribution in [0.15, 0.2) is 0 Å². The lowest BCUT2D eigenvalue weighted by Crippen LogP contribution is -2.46. The Balaban J connectivity index is 1.74. The van der Waals surface area contributed by atoms with Gasteiger partial charge in [-0.25, -0.2) is 4.79 Å². The van der Waals surface area contributed by atoms with E-state index >= 15 is 0 Å². The lowest BCUT2D eigenvalue weighted by Gasteiger charge is -2.22. The monoisotopic (exact) mass is 268 g/mol. The van der Waals surface area contributed by atoms with Gasteiger partial charge in [-0.3, -0.25) is 4.79 Å². The van der Waals surface area contributed by atoms with Gasteiger partial charge in [0.15, 0.2) is 0 Å². The van der Waals surface area contributed by atoms with Crippen molar-refractivity contribution in [2.45, 2.75) is 58.1 Å². The van der Waals surface area contributed by atoms with Crippen LogP contribution in [-0.4, -0.2) is 30.2 Å². The van der Waals surface area contributed by atoms with E-state index in [0.717, 1.165) is 25.7 Å². The first kappa shape index (κ1) is 14.2. The van der Waals surface area contributed by atoms with Crippen molar-refractivity contribution in [2.24, 2.45) is 11.8 Å². The van der Waals surface area contributed by atoms with Crippen molar-refractivity contribution >= 4 is 12.0 Å². The molecule has 2 saturated carbocycles. The van der Waals surface area contributed by atoms with Crippen molar-refractivity contribution in [3.63, 3.8) is 0 Å². The molecule has 2 aliphatic rings. The normalized spacial score (nSPS) is 20.6. The molecular formula is C14H24N2O3. The summed E-state index contributed by atoms with van der Waals surface area (Å²) in [5.41, 5.74) is -0.490. The average molecular weight is 268 g/mol. The fraction of sp³-hybridized carbons (Fsp3) is 0.857. The smallest absolute Gasteiger partial charge is 0.407 e. The zero-order chi connectivity index (χ0) is 14.0. The van der Waals surface area contributed by atoms with Crippen molar-refractivity contribution < 1.29 is 14.3 Å². The van der Waals surface area contributed by atoms with Gasteiger partial charge in [0, 0.05) is 18.5 Å². The predicted octanol–water partition coefficient (Wildman–Crippen LogP) is 1.82. The molecule has 0 aromatic heterocycles. The molecule has 1 unspecified atom stereocenters. The number of alkyl carbamates (subject to hydrolysis) is 1. The standard InChI is InChI=1S/C14H24N2O3/c1-14(2,3)19-13(18)15-8-11(9-4-5-9)16-12(17)10-6-7-10/h9-11H,4-8H2,1-3H3,(H,15,18)(H,16,17). The van der Waals surface area contributed by atoms with E-state index in [1.165, 1.54) is 0 Å². The van der Waals surface area contributed by atoms with Crippen LogP contribution in [0.4, 0.5) is 4.79 Å². The van der Waals surface area contributed by atoms with Gasteiger partial charge in [-0.2, -0.15) is 0 Å². The van der Waals surface area contributed by atoms with E-state index in [2.05, 4.69) is 10.6 Å². The summed E-state index contributed by atoms with van der Waals surface area (Å²) >= 11 is 0. The number of hydrogen-bond acceptors (Lipinski definition) is 3. The Morgan fingerprint density at radius 2 is 1.84 bits per heavy atom. The van der Waals surface area contributed by atoms with E-state index in [0.29, 0.717) is 12.5 Å². The molecule has 5 nitrogen and oxygen atoms in total. The largest absolute Gasteiger partial charge is 0.444 e. The summed E-state index contributed by atoms with van der Waals surface area (Å²) in [6.45, 7) is 5.96. The van der Waals surface area contributed by atoms with Gasteiger partial charge in [0.25, 0.3) is 0 Å². The first-order valence-corrected chi connectivity index (χ1v) is 7.12. The quantitative estimate of drug-likeness (QED) is 0.799. The fourth-order valence-corrected chi connectivity index (χ4v) is 1.99. The molecule has 0 aromatic rings. The van der Waals surface area contributed by atoms with Crippen molar-refractivity contribution in [3.8, 4) is 0 Å². The molecule has 0 aromatic carbocycles. The Bertz CT molecular complexity index is 354. The third-order valence-electron chi connectivity index (χ3n) is 3.33. The van der Waals surface area contributed by atoms with Crippen molar-refractivity contribution in [2.75, 3.05) is 6.54 Å². The van der Waals surface area contributed by atoms with Gasteiger partial charge in [0.05, 0.1) is 0 Å². The Labute approximate surface area is 114 Å². The molecular weight excluding hydrogens is 244 g/mol. The van der Waals surface area contributed by atoms with Crippen molar-refractivity contribution in [1.29, 1.82) is 0 Å². The topological polar surface area (TPSA) is 67.4 Å². The van der Waals surface area contributed by atoms with Gasteiger partial charge in [0.2, 0.25) is 5.91 Å². The SMILES string of the molecule is CC(C)(C)OC(=O)NCC(NC(=O)C1CC1)C1CC1. The highest BCUT2D eigenvalue weighted by Crippen LogP contribution is 2.34. The highest BCUT2D eigenvalue weighted by molar-refractivity contribution is 5.81. The Kier molecular flexibility index (Phi) is 4.02. The third kappa shape index (κ3) is 5.09. The first-order chi connectivity index (χ1) is 8.85. The number of carbonyl (C=O) groups is 2. The molecule has 0 aliphatic heterocycles. The van der Waals surface area contributed by atoms with Gasteiger partial charge < -0.3 is 15.4 Å². The second-order valence-corrected chi connectivity index (χ2v) is 6.61. The van der Waals surface area contributed by atoms with Crippen molar-refractivity contribution in [1.82, 2.24) is 10.6 Å². The van der Waals surface area contributed by atoms with Crippen LogP contribution in [0.1, 0.15) is 46.5 Å². The first-order valence-electron chi connectivity index (χ1n) is 7.12. The molecule has 5 heteroatoms. The van der Waals surface area contributed by atoms with E-state index in [4.69, 9.17) is 4.74 Å². The highest BCUT2D eigenvalue weighted by Gasteiger charge is 2.36. The zero-order valence-electron chi connectivity index (χ0n) is 12.0. The van der Waals surface area contributed by atoms with Gasteiger partial charge in [-0.1, -0.05) is 0 Å². The van der Waals surface area contributed by atoms with Crippen LogP contribution >= 0.6 is 0 Å². The van der Waals surface area contributed by atoms with Crippen LogP contribution in [0, 0.1) is 11.8 Å². The maximum Gasteiger partial charge on any atom is 0.407 e. The molecule has 1 atom stereocenters. The van der Waals surface area contributed by atoms with Crippen LogP contribution < -0.4 is 10.6 Å². The van der Waals surface area contributed by atoms with Crippen LogP contribution in [0.25, 0.3) is 0 Å². The number of hydrogen-bond donors (Lipinski definition) is 2. The van der Waals surface area contributed by atoms with Gasteiger partial charge >= 0.3 is 6.09 Å². The van der Waals surface area contributed by atoms with Gasteiger partial charge in [-0.15, -0.1) is 0 Å². The number of rotatable bonds is 5. The predicted molar refractivity (Wildman–Crippen MR) is 71.6 cm³/mol. The molecule has 2 rings (SSSR count). The molecule has 0 bridgehead atoms. The number of nitrogens with one attached hydrogen (secondary N) is 2. The van der Waals surface area contributed by atoms with E-state index in [-0.39, 0.29) is 17.9 Å². The molecule has 0 heterocycles. The summed E-state index contributed by atoms with van der Waals surface area (Å²) in [5, 5.41) is 5.80. The number of amides is 2. The lowest BCUT2D eigenvalue weighted by atomic mass is 10.1. The van der Waals surface area contributed by atoms with Gasteiger partial charge in [0.1, 0.15) is 5.60 Å².